The van der Waals surface area contributed by atoms with E-state index in [9.17, 15) is 0 Å². The van der Waals surface area contributed by atoms with Crippen molar-refractivity contribution in [1.82, 2.24) is 0 Å². The van der Waals surface area contributed by atoms with Crippen LogP contribution in [0, 0.1) is 41.4 Å². The zero-order chi connectivity index (χ0) is 9.99. The van der Waals surface area contributed by atoms with Crippen molar-refractivity contribution < 1.29 is 5.11 Å². The lowest BCUT2D eigenvalue weighted by Gasteiger charge is -2.38. The van der Waals surface area contributed by atoms with Gasteiger partial charge in [-0.2, -0.15) is 0 Å². The van der Waals surface area contributed by atoms with Crippen LogP contribution in [0.3, 0.4) is 0 Å². The van der Waals surface area contributed by atoms with Crippen LogP contribution < -0.4 is 0 Å². The smallest absolute Gasteiger partial charge is 0.0433 e. The van der Waals surface area contributed by atoms with Crippen LogP contribution in [0.25, 0.3) is 0 Å². The first-order valence-corrected chi connectivity index (χ1v) is 6.99. The number of fused-ring (bicyclic) bond motifs is 9. The van der Waals surface area contributed by atoms with Crippen molar-refractivity contribution in [2.75, 3.05) is 6.61 Å². The van der Waals surface area contributed by atoms with Gasteiger partial charge in [-0.05, 0) is 80.0 Å². The fourth-order valence-corrected chi connectivity index (χ4v) is 6.20. The van der Waals surface area contributed by atoms with Crippen molar-refractivity contribution in [3.63, 3.8) is 0 Å². The van der Waals surface area contributed by atoms with E-state index < -0.39 is 0 Å². The maximum Gasteiger partial charge on any atom is 0.0433 e. The maximum atomic E-state index is 9.13. The summed E-state index contributed by atoms with van der Waals surface area (Å²) in [4.78, 5) is 0. The molecule has 0 aromatic heterocycles. The van der Waals surface area contributed by atoms with Crippen LogP contribution in [0.4, 0.5) is 0 Å². The lowest BCUT2D eigenvalue weighted by atomic mass is 9.67. The van der Waals surface area contributed by atoms with Crippen molar-refractivity contribution >= 4 is 0 Å². The summed E-state index contributed by atoms with van der Waals surface area (Å²) in [5, 5.41) is 9.13. The van der Waals surface area contributed by atoms with Gasteiger partial charge in [-0.15, -0.1) is 0 Å². The summed E-state index contributed by atoms with van der Waals surface area (Å²) in [5.74, 6) is 7.50. The van der Waals surface area contributed by atoms with Crippen LogP contribution in [-0.2, 0) is 0 Å². The second kappa shape index (κ2) is 3.00. The zero-order valence-corrected chi connectivity index (χ0v) is 9.44. The highest BCUT2D eigenvalue weighted by Gasteiger charge is 2.61. The molecule has 0 heterocycles. The van der Waals surface area contributed by atoms with E-state index in [-0.39, 0.29) is 0 Å². The van der Waals surface area contributed by atoms with Gasteiger partial charge in [0.1, 0.15) is 0 Å². The largest absolute Gasteiger partial charge is 0.396 e. The number of rotatable bonds is 2. The fraction of sp³-hybridized carbons (Fsp3) is 1.00. The summed E-state index contributed by atoms with van der Waals surface area (Å²) in [7, 11) is 0. The predicted molar refractivity (Wildman–Crippen MR) is 59.2 cm³/mol. The van der Waals surface area contributed by atoms with Gasteiger partial charge in [-0.25, -0.2) is 0 Å². The van der Waals surface area contributed by atoms with E-state index in [1.54, 1.807) is 19.3 Å². The zero-order valence-electron chi connectivity index (χ0n) is 9.44. The first-order chi connectivity index (χ1) is 7.38. The lowest BCUT2D eigenvalue weighted by Crippen LogP contribution is -2.32. The molecule has 4 bridgehead atoms. The number of aliphatic hydroxyl groups is 1. The number of hydrogen-bond acceptors (Lipinski definition) is 1. The maximum absolute atomic E-state index is 9.13. The Balaban J connectivity index is 1.60. The van der Waals surface area contributed by atoms with Gasteiger partial charge < -0.3 is 5.11 Å². The molecule has 0 aromatic rings. The molecule has 4 aliphatic carbocycles. The molecule has 0 radical (unpaired) electrons. The van der Waals surface area contributed by atoms with Crippen molar-refractivity contribution in [2.45, 2.75) is 38.5 Å². The summed E-state index contributed by atoms with van der Waals surface area (Å²) >= 11 is 0. The van der Waals surface area contributed by atoms with E-state index in [4.69, 9.17) is 5.11 Å². The van der Waals surface area contributed by atoms with Crippen molar-refractivity contribution in [3.8, 4) is 0 Å². The minimum Gasteiger partial charge on any atom is -0.396 e. The topological polar surface area (TPSA) is 20.2 Å². The predicted octanol–water partition coefficient (Wildman–Crippen LogP) is 2.69. The molecule has 4 fully saturated rings. The van der Waals surface area contributed by atoms with E-state index in [1.807, 2.05) is 0 Å². The molecule has 0 aliphatic heterocycles. The molecule has 0 aromatic carbocycles. The van der Waals surface area contributed by atoms with Gasteiger partial charge in [-0.1, -0.05) is 0 Å². The molecule has 0 saturated heterocycles. The van der Waals surface area contributed by atoms with Crippen LogP contribution >= 0.6 is 0 Å². The van der Waals surface area contributed by atoms with Crippen molar-refractivity contribution in [2.24, 2.45) is 41.4 Å². The number of aliphatic hydroxyl groups excluding tert-OH is 1. The second-order valence-corrected chi connectivity index (χ2v) is 6.66. The molecule has 4 rings (SSSR count). The minimum absolute atomic E-state index is 0.430. The summed E-state index contributed by atoms with van der Waals surface area (Å²) < 4.78 is 0. The average molecular weight is 206 g/mol. The Morgan fingerprint density at radius 1 is 0.867 bits per heavy atom. The summed E-state index contributed by atoms with van der Waals surface area (Å²) in [6.45, 7) is 0.430. The van der Waals surface area contributed by atoms with Gasteiger partial charge in [0.25, 0.3) is 0 Å². The molecule has 1 heteroatoms. The third-order valence-electron chi connectivity index (χ3n) is 6.37. The molecule has 4 aliphatic rings. The van der Waals surface area contributed by atoms with E-state index in [1.165, 1.54) is 12.8 Å². The van der Waals surface area contributed by atoms with Crippen LogP contribution in [0.2, 0.25) is 0 Å². The third-order valence-corrected chi connectivity index (χ3v) is 6.37. The van der Waals surface area contributed by atoms with E-state index in [0.29, 0.717) is 6.61 Å². The van der Waals surface area contributed by atoms with Crippen LogP contribution in [0.15, 0.2) is 0 Å². The summed E-state index contributed by atoms with van der Waals surface area (Å²) in [5.41, 5.74) is 0. The van der Waals surface area contributed by atoms with Gasteiger partial charge in [0.15, 0.2) is 0 Å². The molecular formula is C14H22O. The highest BCUT2D eigenvalue weighted by Crippen LogP contribution is 2.69. The molecule has 7 unspecified atom stereocenters. The van der Waals surface area contributed by atoms with E-state index in [0.717, 1.165) is 47.8 Å². The Morgan fingerprint density at radius 2 is 1.67 bits per heavy atom. The standard InChI is InChI=1S/C14H22O/c15-4-3-8-5-11-7-12(8)14-10-2-1-9(6-10)13(11)14/h8-15H,1-7H2. The van der Waals surface area contributed by atoms with Crippen LogP contribution in [-0.4, -0.2) is 11.7 Å². The third kappa shape index (κ3) is 1.03. The Bertz CT molecular complexity index is 273. The van der Waals surface area contributed by atoms with Gasteiger partial charge in [-0.3, -0.25) is 0 Å². The first-order valence-electron chi connectivity index (χ1n) is 6.99. The van der Waals surface area contributed by atoms with E-state index in [2.05, 4.69) is 0 Å². The molecule has 4 saturated carbocycles. The van der Waals surface area contributed by atoms with Gasteiger partial charge in [0.2, 0.25) is 0 Å². The Hall–Kier alpha value is -0.0400. The molecular weight excluding hydrogens is 184 g/mol. The molecule has 1 N–H and O–H groups in total. The molecule has 0 amide bonds. The van der Waals surface area contributed by atoms with Crippen molar-refractivity contribution in [3.05, 3.63) is 0 Å². The Labute approximate surface area is 92.3 Å². The molecule has 0 spiro atoms. The van der Waals surface area contributed by atoms with E-state index >= 15 is 0 Å². The molecule has 7 atom stereocenters. The number of hydrogen-bond donors (Lipinski definition) is 1. The van der Waals surface area contributed by atoms with Crippen LogP contribution in [0.1, 0.15) is 38.5 Å². The summed E-state index contributed by atoms with van der Waals surface area (Å²) in [6.07, 6.45) is 8.78. The molecule has 15 heavy (non-hydrogen) atoms. The fourth-order valence-electron chi connectivity index (χ4n) is 6.20. The van der Waals surface area contributed by atoms with Crippen molar-refractivity contribution in [1.29, 1.82) is 0 Å². The Kier molecular flexibility index (Phi) is 1.81. The second-order valence-electron chi connectivity index (χ2n) is 6.66. The quantitative estimate of drug-likeness (QED) is 0.689. The summed E-state index contributed by atoms with van der Waals surface area (Å²) in [6, 6.07) is 0. The van der Waals surface area contributed by atoms with Gasteiger partial charge in [0.05, 0.1) is 0 Å². The highest BCUT2D eigenvalue weighted by atomic mass is 16.3. The monoisotopic (exact) mass is 206 g/mol. The molecule has 84 valence electrons. The Morgan fingerprint density at radius 3 is 2.47 bits per heavy atom. The normalized spacial score (nSPS) is 60.2. The highest BCUT2D eigenvalue weighted by molar-refractivity contribution is 5.10. The minimum atomic E-state index is 0.430. The van der Waals surface area contributed by atoms with Crippen LogP contribution in [0.5, 0.6) is 0 Å². The lowest BCUT2D eigenvalue weighted by molar-refractivity contribution is 0.0907. The van der Waals surface area contributed by atoms with Gasteiger partial charge >= 0.3 is 0 Å². The molecule has 1 nitrogen and oxygen atoms in total. The SMILES string of the molecule is OCCC1CC2CC1C1C3CCC(C3)C21. The van der Waals surface area contributed by atoms with Gasteiger partial charge in [0, 0.05) is 6.61 Å². The first kappa shape index (κ1) is 9.04. The average Bonchev–Trinajstić information content (AvgIpc) is 2.95.